The minimum Gasteiger partial charge on any atom is -0.463 e. The lowest BCUT2D eigenvalue weighted by Gasteiger charge is -2.04. The average Bonchev–Trinajstić information content (AvgIpc) is 2.28. The summed E-state index contributed by atoms with van der Waals surface area (Å²) in [4.78, 5) is 11.5. The Labute approximate surface area is 105 Å². The first kappa shape index (κ1) is 13.1. The normalized spacial score (nSPS) is 11.3. The molecular weight excluding hydrogens is 247 g/mol. The van der Waals surface area contributed by atoms with Crippen LogP contribution in [0.3, 0.4) is 0 Å². The van der Waals surface area contributed by atoms with E-state index >= 15 is 0 Å². The lowest BCUT2D eigenvalue weighted by Crippen LogP contribution is -2.08. The van der Waals surface area contributed by atoms with Gasteiger partial charge in [0.15, 0.2) is 0 Å². The van der Waals surface area contributed by atoms with Gasteiger partial charge in [0, 0.05) is 5.02 Å². The zero-order chi connectivity index (χ0) is 12.0. The summed E-state index contributed by atoms with van der Waals surface area (Å²) < 4.78 is 4.87. The lowest BCUT2D eigenvalue weighted by atomic mass is 10.1. The van der Waals surface area contributed by atoms with Crippen LogP contribution < -0.4 is 0 Å². The summed E-state index contributed by atoms with van der Waals surface area (Å²) in [5.74, 6) is -0.304. The van der Waals surface area contributed by atoms with Gasteiger partial charge in [-0.3, -0.25) is 0 Å². The number of ether oxygens (including phenoxy) is 1. The van der Waals surface area contributed by atoms with Crippen LogP contribution in [0.25, 0.3) is 6.08 Å². The topological polar surface area (TPSA) is 26.3 Å². The number of esters is 1. The first-order valence-corrected chi connectivity index (χ1v) is 5.78. The zero-order valence-corrected chi connectivity index (χ0v) is 10.4. The third-order valence-electron chi connectivity index (χ3n) is 1.92. The van der Waals surface area contributed by atoms with Crippen molar-refractivity contribution in [2.24, 2.45) is 0 Å². The van der Waals surface area contributed by atoms with Crippen LogP contribution in [0, 0.1) is 0 Å². The first-order chi connectivity index (χ1) is 7.69. The Morgan fingerprint density at radius 3 is 2.69 bits per heavy atom. The highest BCUT2D eigenvalue weighted by atomic mass is 35.5. The number of benzene rings is 1. The van der Waals surface area contributed by atoms with Crippen LogP contribution in [-0.4, -0.2) is 18.5 Å². The summed E-state index contributed by atoms with van der Waals surface area (Å²) in [7, 11) is 0. The lowest BCUT2D eigenvalue weighted by molar-refractivity contribution is -0.138. The van der Waals surface area contributed by atoms with Crippen molar-refractivity contribution in [2.45, 2.75) is 6.92 Å². The van der Waals surface area contributed by atoms with E-state index in [0.717, 1.165) is 5.56 Å². The predicted octanol–water partition coefficient (Wildman–Crippen LogP) is 3.53. The molecule has 4 heteroatoms. The SMILES string of the molecule is CCOC(=O)/C(=C/c1ccccc1Cl)CCl. The van der Waals surface area contributed by atoms with Gasteiger partial charge in [-0.15, -0.1) is 11.6 Å². The molecule has 0 bridgehead atoms. The van der Waals surface area contributed by atoms with E-state index in [2.05, 4.69) is 0 Å². The fourth-order valence-electron chi connectivity index (χ4n) is 1.16. The molecule has 0 saturated heterocycles. The van der Waals surface area contributed by atoms with Crippen LogP contribution in [0.15, 0.2) is 29.8 Å². The number of rotatable bonds is 4. The molecule has 86 valence electrons. The predicted molar refractivity (Wildman–Crippen MR) is 66.8 cm³/mol. The molecule has 0 N–H and O–H groups in total. The molecule has 1 aromatic rings. The quantitative estimate of drug-likeness (QED) is 0.469. The van der Waals surface area contributed by atoms with Gasteiger partial charge in [-0.2, -0.15) is 0 Å². The van der Waals surface area contributed by atoms with Gasteiger partial charge in [0.2, 0.25) is 0 Å². The molecule has 0 aliphatic heterocycles. The van der Waals surface area contributed by atoms with Gasteiger partial charge < -0.3 is 4.74 Å². The Balaban J connectivity index is 2.96. The molecule has 1 aromatic carbocycles. The maximum Gasteiger partial charge on any atom is 0.335 e. The van der Waals surface area contributed by atoms with Gasteiger partial charge in [-0.1, -0.05) is 29.8 Å². The molecule has 0 aliphatic rings. The monoisotopic (exact) mass is 258 g/mol. The Kier molecular flexibility index (Phi) is 5.36. The molecule has 1 rings (SSSR count). The van der Waals surface area contributed by atoms with Crippen LogP contribution in [0.5, 0.6) is 0 Å². The summed E-state index contributed by atoms with van der Waals surface area (Å²) in [5, 5.41) is 0.578. The summed E-state index contributed by atoms with van der Waals surface area (Å²) >= 11 is 11.7. The second kappa shape index (κ2) is 6.56. The average molecular weight is 259 g/mol. The highest BCUT2D eigenvalue weighted by Crippen LogP contribution is 2.19. The van der Waals surface area contributed by atoms with Crippen molar-refractivity contribution in [3.05, 3.63) is 40.4 Å². The molecule has 0 amide bonds. The number of carbonyl (C=O) groups excluding carboxylic acids is 1. The maximum atomic E-state index is 11.5. The van der Waals surface area contributed by atoms with Gasteiger partial charge in [0.25, 0.3) is 0 Å². The smallest absolute Gasteiger partial charge is 0.335 e. The summed E-state index contributed by atoms with van der Waals surface area (Å²) in [6, 6.07) is 7.23. The maximum absolute atomic E-state index is 11.5. The van der Waals surface area contributed by atoms with E-state index in [9.17, 15) is 4.79 Å². The third-order valence-corrected chi connectivity index (χ3v) is 2.55. The van der Waals surface area contributed by atoms with Crippen molar-refractivity contribution >= 4 is 35.2 Å². The molecule has 0 fully saturated rings. The van der Waals surface area contributed by atoms with E-state index in [-0.39, 0.29) is 5.88 Å². The number of hydrogen-bond donors (Lipinski definition) is 0. The Morgan fingerprint density at radius 2 is 2.12 bits per heavy atom. The molecule has 0 radical (unpaired) electrons. The number of alkyl halides is 1. The molecule has 0 unspecified atom stereocenters. The first-order valence-electron chi connectivity index (χ1n) is 4.87. The molecule has 0 aliphatic carbocycles. The number of halogens is 2. The van der Waals surface area contributed by atoms with Gasteiger partial charge >= 0.3 is 5.97 Å². The number of hydrogen-bond acceptors (Lipinski definition) is 2. The highest BCUT2D eigenvalue weighted by molar-refractivity contribution is 6.32. The fourth-order valence-corrected chi connectivity index (χ4v) is 1.53. The Morgan fingerprint density at radius 1 is 1.44 bits per heavy atom. The van der Waals surface area contributed by atoms with Crippen molar-refractivity contribution in [3.63, 3.8) is 0 Å². The van der Waals surface area contributed by atoms with Gasteiger partial charge in [-0.25, -0.2) is 4.79 Å². The summed E-state index contributed by atoms with van der Waals surface area (Å²) in [6.07, 6.45) is 1.65. The van der Waals surface area contributed by atoms with E-state index in [1.165, 1.54) is 0 Å². The van der Waals surface area contributed by atoms with Crippen LogP contribution in [0.4, 0.5) is 0 Å². The van der Waals surface area contributed by atoms with Crippen LogP contribution in [0.2, 0.25) is 5.02 Å². The molecule has 16 heavy (non-hydrogen) atoms. The fraction of sp³-hybridized carbons (Fsp3) is 0.250. The van der Waals surface area contributed by atoms with E-state index in [4.69, 9.17) is 27.9 Å². The van der Waals surface area contributed by atoms with E-state index in [1.807, 2.05) is 18.2 Å². The number of carbonyl (C=O) groups is 1. The van der Waals surface area contributed by atoms with E-state index in [0.29, 0.717) is 17.2 Å². The summed E-state index contributed by atoms with van der Waals surface area (Å²) in [5.41, 5.74) is 1.16. The zero-order valence-electron chi connectivity index (χ0n) is 8.87. The van der Waals surface area contributed by atoms with E-state index < -0.39 is 5.97 Å². The Bertz CT molecular complexity index is 400. The molecule has 0 atom stereocenters. The minimum atomic E-state index is -0.405. The van der Waals surface area contributed by atoms with Crippen molar-refractivity contribution in [2.75, 3.05) is 12.5 Å². The molecular formula is C12H12Cl2O2. The second-order valence-corrected chi connectivity index (χ2v) is 3.72. The molecule has 0 heterocycles. The van der Waals surface area contributed by atoms with Crippen LogP contribution in [-0.2, 0) is 9.53 Å². The molecule has 0 aromatic heterocycles. The van der Waals surface area contributed by atoms with E-state index in [1.54, 1.807) is 19.1 Å². The van der Waals surface area contributed by atoms with Crippen molar-refractivity contribution < 1.29 is 9.53 Å². The van der Waals surface area contributed by atoms with Crippen LogP contribution >= 0.6 is 23.2 Å². The Hall–Kier alpha value is -0.990. The molecule has 0 saturated carbocycles. The van der Waals surface area contributed by atoms with Crippen molar-refractivity contribution in [1.82, 2.24) is 0 Å². The minimum absolute atomic E-state index is 0.101. The van der Waals surface area contributed by atoms with Crippen molar-refractivity contribution in [3.8, 4) is 0 Å². The third kappa shape index (κ3) is 3.54. The second-order valence-electron chi connectivity index (χ2n) is 3.05. The molecule has 2 nitrogen and oxygen atoms in total. The summed E-state index contributed by atoms with van der Waals surface area (Å²) in [6.45, 7) is 2.08. The van der Waals surface area contributed by atoms with Gasteiger partial charge in [0.1, 0.15) is 0 Å². The van der Waals surface area contributed by atoms with Crippen LogP contribution in [0.1, 0.15) is 12.5 Å². The largest absolute Gasteiger partial charge is 0.463 e. The van der Waals surface area contributed by atoms with Gasteiger partial charge in [0.05, 0.1) is 18.1 Å². The molecule has 0 spiro atoms. The standard InChI is InChI=1S/C12H12Cl2O2/c1-2-16-12(15)10(8-13)7-9-5-3-4-6-11(9)14/h3-7H,2,8H2,1H3/b10-7+. The highest BCUT2D eigenvalue weighted by Gasteiger charge is 2.09. The van der Waals surface area contributed by atoms with Crippen molar-refractivity contribution in [1.29, 1.82) is 0 Å². The van der Waals surface area contributed by atoms with Gasteiger partial charge in [-0.05, 0) is 24.6 Å².